The van der Waals surface area contributed by atoms with E-state index in [9.17, 15) is 8.42 Å². The zero-order chi connectivity index (χ0) is 16.0. The zero-order valence-electron chi connectivity index (χ0n) is 12.9. The lowest BCUT2D eigenvalue weighted by Crippen LogP contribution is -2.43. The molecule has 5 nitrogen and oxygen atoms in total. The van der Waals surface area contributed by atoms with E-state index in [-0.39, 0.29) is 10.9 Å². The number of nitriles is 1. The van der Waals surface area contributed by atoms with Crippen molar-refractivity contribution in [2.75, 3.05) is 20.3 Å². The molecular weight excluding hydrogens is 300 g/mol. The molecule has 0 aromatic heterocycles. The third-order valence-corrected chi connectivity index (χ3v) is 5.98. The van der Waals surface area contributed by atoms with Gasteiger partial charge in [-0.3, -0.25) is 0 Å². The van der Waals surface area contributed by atoms with Gasteiger partial charge in [0.2, 0.25) is 10.0 Å². The van der Waals surface area contributed by atoms with Crippen molar-refractivity contribution in [2.24, 2.45) is 0 Å². The second kappa shape index (κ2) is 7.73. The number of rotatable bonds is 6. The SMILES string of the molecule is COCCC[C@H]1CCCCN1S(=O)(=O)c1cccc(C#N)c1. The van der Waals surface area contributed by atoms with Crippen molar-refractivity contribution < 1.29 is 13.2 Å². The topological polar surface area (TPSA) is 70.4 Å². The molecule has 1 fully saturated rings. The lowest BCUT2D eigenvalue weighted by molar-refractivity contribution is 0.172. The van der Waals surface area contributed by atoms with Crippen LogP contribution in [0.1, 0.15) is 37.7 Å². The highest BCUT2D eigenvalue weighted by Crippen LogP contribution is 2.28. The van der Waals surface area contributed by atoms with E-state index in [1.807, 2.05) is 6.07 Å². The highest BCUT2D eigenvalue weighted by atomic mass is 32.2. The fourth-order valence-electron chi connectivity index (χ4n) is 2.90. The first kappa shape index (κ1) is 16.9. The average Bonchev–Trinajstić information content (AvgIpc) is 2.55. The molecule has 1 aliphatic heterocycles. The molecule has 0 radical (unpaired) electrons. The summed E-state index contributed by atoms with van der Waals surface area (Å²) in [4.78, 5) is 0.213. The summed E-state index contributed by atoms with van der Waals surface area (Å²) in [6.07, 6.45) is 4.50. The molecule has 0 spiro atoms. The van der Waals surface area contributed by atoms with Gasteiger partial charge in [0.25, 0.3) is 0 Å². The summed E-state index contributed by atoms with van der Waals surface area (Å²) in [7, 11) is -1.88. The molecule has 2 rings (SSSR count). The Morgan fingerprint density at radius 3 is 2.95 bits per heavy atom. The average molecular weight is 322 g/mol. The number of sulfonamides is 1. The van der Waals surface area contributed by atoms with Crippen molar-refractivity contribution >= 4 is 10.0 Å². The molecule has 0 aliphatic carbocycles. The first-order chi connectivity index (χ1) is 10.6. The number of benzene rings is 1. The van der Waals surface area contributed by atoms with Crippen LogP contribution in [-0.2, 0) is 14.8 Å². The van der Waals surface area contributed by atoms with Gasteiger partial charge in [0, 0.05) is 26.3 Å². The van der Waals surface area contributed by atoms with E-state index in [2.05, 4.69) is 0 Å². The predicted octanol–water partition coefficient (Wildman–Crippen LogP) is 2.53. The molecule has 1 aromatic carbocycles. The van der Waals surface area contributed by atoms with Crippen LogP contribution in [0.15, 0.2) is 29.2 Å². The minimum Gasteiger partial charge on any atom is -0.385 e. The van der Waals surface area contributed by atoms with Gasteiger partial charge < -0.3 is 4.74 Å². The van der Waals surface area contributed by atoms with Crippen molar-refractivity contribution in [1.29, 1.82) is 5.26 Å². The minimum absolute atomic E-state index is 0.0274. The lowest BCUT2D eigenvalue weighted by Gasteiger charge is -2.34. The summed E-state index contributed by atoms with van der Waals surface area (Å²) >= 11 is 0. The number of hydrogen-bond donors (Lipinski definition) is 0. The summed E-state index contributed by atoms with van der Waals surface area (Å²) in [5.41, 5.74) is 0.369. The van der Waals surface area contributed by atoms with Gasteiger partial charge in [-0.05, 0) is 43.9 Å². The van der Waals surface area contributed by atoms with Gasteiger partial charge in [-0.2, -0.15) is 9.57 Å². The van der Waals surface area contributed by atoms with Gasteiger partial charge in [0.15, 0.2) is 0 Å². The van der Waals surface area contributed by atoms with Crippen LogP contribution in [0.25, 0.3) is 0 Å². The van der Waals surface area contributed by atoms with E-state index in [0.717, 1.165) is 32.1 Å². The summed E-state index contributed by atoms with van der Waals surface area (Å²) < 4.78 is 32.4. The maximum Gasteiger partial charge on any atom is 0.243 e. The first-order valence-electron chi connectivity index (χ1n) is 7.60. The number of hydrogen-bond acceptors (Lipinski definition) is 4. The molecule has 1 aromatic rings. The Hall–Kier alpha value is -1.42. The van der Waals surface area contributed by atoms with Gasteiger partial charge in [0.05, 0.1) is 16.5 Å². The molecule has 120 valence electrons. The molecule has 1 atom stereocenters. The molecule has 6 heteroatoms. The van der Waals surface area contributed by atoms with E-state index in [0.29, 0.717) is 18.7 Å². The molecule has 22 heavy (non-hydrogen) atoms. The maximum atomic E-state index is 12.9. The summed E-state index contributed by atoms with van der Waals surface area (Å²) in [6, 6.07) is 8.28. The van der Waals surface area contributed by atoms with Crippen LogP contribution in [0.4, 0.5) is 0 Å². The number of piperidine rings is 1. The molecular formula is C16H22N2O3S. The smallest absolute Gasteiger partial charge is 0.243 e. The highest BCUT2D eigenvalue weighted by Gasteiger charge is 2.33. The number of methoxy groups -OCH3 is 1. The lowest BCUT2D eigenvalue weighted by atomic mass is 10.0. The Morgan fingerprint density at radius 2 is 2.23 bits per heavy atom. The van der Waals surface area contributed by atoms with Crippen LogP contribution in [-0.4, -0.2) is 39.0 Å². The molecule has 0 N–H and O–H groups in total. The van der Waals surface area contributed by atoms with Gasteiger partial charge >= 0.3 is 0 Å². The standard InChI is InChI=1S/C16H22N2O3S/c1-21-11-5-8-15-7-2-3-10-18(15)22(19,20)16-9-4-6-14(12-16)13-17/h4,6,9,12,15H,2-3,5,7-8,10-11H2,1H3/t15-/m1/s1. The largest absolute Gasteiger partial charge is 0.385 e. The summed E-state index contributed by atoms with van der Waals surface area (Å²) in [5.74, 6) is 0. The van der Waals surface area contributed by atoms with Crippen LogP contribution in [0.2, 0.25) is 0 Å². The highest BCUT2D eigenvalue weighted by molar-refractivity contribution is 7.89. The van der Waals surface area contributed by atoms with E-state index in [4.69, 9.17) is 10.00 Å². The Kier molecular flexibility index (Phi) is 5.95. The Balaban J connectivity index is 2.22. The summed E-state index contributed by atoms with van der Waals surface area (Å²) in [5, 5.41) is 8.96. The third-order valence-electron chi connectivity index (χ3n) is 4.03. The number of ether oxygens (including phenoxy) is 1. The maximum absolute atomic E-state index is 12.9. The second-order valence-electron chi connectivity index (χ2n) is 5.54. The molecule has 1 saturated heterocycles. The van der Waals surface area contributed by atoms with Crippen molar-refractivity contribution in [3.05, 3.63) is 29.8 Å². The Morgan fingerprint density at radius 1 is 1.41 bits per heavy atom. The van der Waals surface area contributed by atoms with E-state index in [1.165, 1.54) is 6.07 Å². The minimum atomic E-state index is -3.54. The molecule has 1 aliphatic rings. The van der Waals surface area contributed by atoms with E-state index in [1.54, 1.807) is 29.6 Å². The third kappa shape index (κ3) is 3.86. The van der Waals surface area contributed by atoms with Crippen molar-refractivity contribution in [2.45, 2.75) is 43.0 Å². The molecule has 0 amide bonds. The van der Waals surface area contributed by atoms with Crippen LogP contribution in [0.5, 0.6) is 0 Å². The van der Waals surface area contributed by atoms with Crippen LogP contribution in [0, 0.1) is 11.3 Å². The summed E-state index contributed by atoms with van der Waals surface area (Å²) in [6.45, 7) is 1.20. The molecule has 0 bridgehead atoms. The fraction of sp³-hybridized carbons (Fsp3) is 0.562. The molecule has 0 unspecified atom stereocenters. The van der Waals surface area contributed by atoms with Gasteiger partial charge in [-0.25, -0.2) is 8.42 Å². The fourth-order valence-corrected chi connectivity index (χ4v) is 4.67. The molecule has 1 heterocycles. The van der Waals surface area contributed by atoms with Gasteiger partial charge in [0.1, 0.15) is 0 Å². The first-order valence-corrected chi connectivity index (χ1v) is 9.04. The zero-order valence-corrected chi connectivity index (χ0v) is 13.7. The predicted molar refractivity (Wildman–Crippen MR) is 83.8 cm³/mol. The van der Waals surface area contributed by atoms with E-state index < -0.39 is 10.0 Å². The van der Waals surface area contributed by atoms with Crippen LogP contribution >= 0.6 is 0 Å². The van der Waals surface area contributed by atoms with E-state index >= 15 is 0 Å². The second-order valence-corrected chi connectivity index (χ2v) is 7.43. The van der Waals surface area contributed by atoms with Crippen molar-refractivity contribution in [3.63, 3.8) is 0 Å². The normalized spacial score (nSPS) is 19.7. The van der Waals surface area contributed by atoms with Crippen LogP contribution < -0.4 is 0 Å². The van der Waals surface area contributed by atoms with Gasteiger partial charge in [-0.15, -0.1) is 0 Å². The number of nitrogens with zero attached hydrogens (tertiary/aromatic N) is 2. The van der Waals surface area contributed by atoms with Gasteiger partial charge in [-0.1, -0.05) is 12.5 Å². The molecule has 0 saturated carbocycles. The Bertz CT molecular complexity index is 637. The van der Waals surface area contributed by atoms with Crippen molar-refractivity contribution in [1.82, 2.24) is 4.31 Å². The Labute approximate surface area is 132 Å². The monoisotopic (exact) mass is 322 g/mol. The quantitative estimate of drug-likeness (QED) is 0.755. The van der Waals surface area contributed by atoms with Crippen molar-refractivity contribution in [3.8, 4) is 6.07 Å². The van der Waals surface area contributed by atoms with Crippen LogP contribution in [0.3, 0.4) is 0 Å².